The zero-order chi connectivity index (χ0) is 21.3. The highest BCUT2D eigenvalue weighted by Gasteiger charge is 2.30. The highest BCUT2D eigenvalue weighted by atomic mass is 32.2. The van der Waals surface area contributed by atoms with Crippen LogP contribution in [-0.2, 0) is 10.0 Å². The molecule has 4 rings (SSSR count). The molecule has 0 amide bonds. The molecule has 0 atom stereocenters. The zero-order valence-electron chi connectivity index (χ0n) is 16.8. The van der Waals surface area contributed by atoms with Gasteiger partial charge in [-0.1, -0.05) is 6.07 Å². The fraction of sp³-hybridized carbons (Fsp3) is 0.333. The number of nitrogens with zero attached hydrogens (tertiary/aromatic N) is 3. The molecule has 1 saturated heterocycles. The monoisotopic (exact) mass is 446 g/mol. The largest absolute Gasteiger partial charge is 0.316 e. The number of aryl methyl sites for hydroxylation is 2. The molecule has 3 heterocycles. The molecule has 0 radical (unpaired) electrons. The Morgan fingerprint density at radius 1 is 1.17 bits per heavy atom. The third-order valence-corrected chi connectivity index (χ3v) is 7.99. The van der Waals surface area contributed by atoms with E-state index in [1.54, 1.807) is 18.3 Å². The number of aromatic nitrogens is 2. The summed E-state index contributed by atoms with van der Waals surface area (Å²) in [6, 6.07) is 9.78. The SMILES string of the molecule is Cc1cnc(Nc2cccc(C3CCN(S(=O)(=O)c4ccc(F)c(C)c4)CC3)n2)s1. The Kier molecular flexibility index (Phi) is 5.86. The zero-order valence-corrected chi connectivity index (χ0v) is 18.4. The molecule has 1 fully saturated rings. The summed E-state index contributed by atoms with van der Waals surface area (Å²) in [7, 11) is -3.63. The molecule has 9 heteroatoms. The molecule has 6 nitrogen and oxygen atoms in total. The van der Waals surface area contributed by atoms with Crippen LogP contribution < -0.4 is 5.32 Å². The summed E-state index contributed by atoms with van der Waals surface area (Å²) >= 11 is 1.57. The molecule has 1 aliphatic heterocycles. The van der Waals surface area contributed by atoms with E-state index in [1.807, 2.05) is 31.3 Å². The average Bonchev–Trinajstić information content (AvgIpc) is 3.15. The summed E-state index contributed by atoms with van der Waals surface area (Å²) in [5.74, 6) is 0.519. The molecular formula is C21H23FN4O2S2. The maximum atomic E-state index is 13.5. The minimum Gasteiger partial charge on any atom is -0.316 e. The van der Waals surface area contributed by atoms with E-state index in [0.29, 0.717) is 31.5 Å². The van der Waals surface area contributed by atoms with Crippen molar-refractivity contribution < 1.29 is 12.8 Å². The van der Waals surface area contributed by atoms with Crippen LogP contribution in [0.3, 0.4) is 0 Å². The number of sulfonamides is 1. The van der Waals surface area contributed by atoms with Crippen molar-refractivity contribution in [3.8, 4) is 0 Å². The van der Waals surface area contributed by atoms with Crippen molar-refractivity contribution in [1.82, 2.24) is 14.3 Å². The van der Waals surface area contributed by atoms with Gasteiger partial charge in [0.2, 0.25) is 10.0 Å². The van der Waals surface area contributed by atoms with E-state index in [-0.39, 0.29) is 10.8 Å². The first-order valence-electron chi connectivity index (χ1n) is 9.75. The predicted octanol–water partition coefficient (Wildman–Crippen LogP) is 4.61. The molecule has 2 aromatic heterocycles. The minimum atomic E-state index is -3.63. The number of hydrogen-bond acceptors (Lipinski definition) is 6. The van der Waals surface area contributed by atoms with Crippen molar-refractivity contribution in [2.45, 2.75) is 37.5 Å². The fourth-order valence-corrected chi connectivity index (χ4v) is 5.82. The quantitative estimate of drug-likeness (QED) is 0.620. The van der Waals surface area contributed by atoms with Crippen LogP contribution in [0.15, 0.2) is 47.5 Å². The van der Waals surface area contributed by atoms with E-state index < -0.39 is 15.8 Å². The van der Waals surface area contributed by atoms with Crippen LogP contribution in [0.5, 0.6) is 0 Å². The normalized spacial score (nSPS) is 16.0. The molecular weight excluding hydrogens is 423 g/mol. The number of anilines is 2. The summed E-state index contributed by atoms with van der Waals surface area (Å²) in [5.41, 5.74) is 1.28. The fourth-order valence-electron chi connectivity index (χ4n) is 3.59. The Labute approximate surface area is 179 Å². The van der Waals surface area contributed by atoms with Gasteiger partial charge in [-0.2, -0.15) is 4.31 Å². The molecule has 1 aliphatic rings. The Bertz CT molecular complexity index is 1160. The van der Waals surface area contributed by atoms with E-state index in [2.05, 4.69) is 10.3 Å². The van der Waals surface area contributed by atoms with Crippen molar-refractivity contribution in [2.24, 2.45) is 0 Å². The first-order valence-corrected chi connectivity index (χ1v) is 12.0. The third-order valence-electron chi connectivity index (χ3n) is 5.27. The molecule has 1 aromatic carbocycles. The molecule has 158 valence electrons. The van der Waals surface area contributed by atoms with Crippen molar-refractivity contribution in [3.63, 3.8) is 0 Å². The number of piperidine rings is 1. The second kappa shape index (κ2) is 8.41. The van der Waals surface area contributed by atoms with Gasteiger partial charge < -0.3 is 5.32 Å². The highest BCUT2D eigenvalue weighted by Crippen LogP contribution is 2.31. The van der Waals surface area contributed by atoms with Crippen LogP contribution in [0.25, 0.3) is 0 Å². The van der Waals surface area contributed by atoms with Crippen LogP contribution in [0.1, 0.15) is 34.9 Å². The number of nitrogens with one attached hydrogen (secondary N) is 1. The van der Waals surface area contributed by atoms with Crippen LogP contribution in [0.2, 0.25) is 0 Å². The number of rotatable bonds is 5. The van der Waals surface area contributed by atoms with Gasteiger partial charge in [0.15, 0.2) is 5.13 Å². The van der Waals surface area contributed by atoms with Gasteiger partial charge in [0.1, 0.15) is 11.6 Å². The van der Waals surface area contributed by atoms with E-state index in [4.69, 9.17) is 4.98 Å². The first-order chi connectivity index (χ1) is 14.3. The van der Waals surface area contributed by atoms with Gasteiger partial charge in [0.05, 0.1) is 4.90 Å². The van der Waals surface area contributed by atoms with Gasteiger partial charge in [-0.3, -0.25) is 0 Å². The van der Waals surface area contributed by atoms with Gasteiger partial charge in [0, 0.05) is 35.8 Å². The lowest BCUT2D eigenvalue weighted by atomic mass is 9.94. The van der Waals surface area contributed by atoms with Crippen molar-refractivity contribution in [3.05, 3.63) is 64.5 Å². The van der Waals surface area contributed by atoms with Crippen molar-refractivity contribution in [1.29, 1.82) is 0 Å². The number of hydrogen-bond donors (Lipinski definition) is 1. The summed E-state index contributed by atoms with van der Waals surface area (Å²) in [4.78, 5) is 10.3. The van der Waals surface area contributed by atoms with Gasteiger partial charge in [-0.05, 0) is 62.6 Å². The maximum absolute atomic E-state index is 13.5. The van der Waals surface area contributed by atoms with Crippen LogP contribution in [0, 0.1) is 19.7 Å². The molecule has 0 bridgehead atoms. The summed E-state index contributed by atoms with van der Waals surface area (Å²) in [5, 5.41) is 4.03. The van der Waals surface area contributed by atoms with Crippen LogP contribution >= 0.6 is 11.3 Å². The topological polar surface area (TPSA) is 75.2 Å². The molecule has 0 spiro atoms. The van der Waals surface area contributed by atoms with Gasteiger partial charge >= 0.3 is 0 Å². The van der Waals surface area contributed by atoms with E-state index in [0.717, 1.165) is 21.5 Å². The maximum Gasteiger partial charge on any atom is 0.243 e. The lowest BCUT2D eigenvalue weighted by Gasteiger charge is -2.31. The molecule has 0 aliphatic carbocycles. The molecule has 1 N–H and O–H groups in total. The standard InChI is InChI=1S/C21H23FN4O2S2/c1-14-12-17(6-7-18(14)22)30(27,28)26-10-8-16(9-11-26)19-4-3-5-20(24-19)25-21-23-13-15(2)29-21/h3-7,12-13,16H,8-11H2,1-2H3,(H,23,24,25). The molecule has 3 aromatic rings. The number of pyridine rings is 1. The van der Waals surface area contributed by atoms with E-state index in [9.17, 15) is 12.8 Å². The van der Waals surface area contributed by atoms with Crippen LogP contribution in [0.4, 0.5) is 15.3 Å². The summed E-state index contributed by atoms with van der Waals surface area (Å²) in [6.45, 7) is 4.39. The third kappa shape index (κ3) is 4.38. The summed E-state index contributed by atoms with van der Waals surface area (Å²) in [6.07, 6.45) is 3.19. The first kappa shape index (κ1) is 20.9. The van der Waals surface area contributed by atoms with E-state index >= 15 is 0 Å². The second-order valence-corrected chi connectivity index (χ2v) is 10.6. The van der Waals surface area contributed by atoms with Gasteiger partial charge in [-0.25, -0.2) is 22.8 Å². The number of halogens is 1. The molecule has 0 unspecified atom stereocenters. The Balaban J connectivity index is 1.44. The van der Waals surface area contributed by atoms with Crippen LogP contribution in [-0.4, -0.2) is 35.8 Å². The molecule has 0 saturated carbocycles. The second-order valence-electron chi connectivity index (χ2n) is 7.44. The smallest absolute Gasteiger partial charge is 0.243 e. The number of benzene rings is 1. The Morgan fingerprint density at radius 3 is 2.60 bits per heavy atom. The lowest BCUT2D eigenvalue weighted by molar-refractivity contribution is 0.317. The van der Waals surface area contributed by atoms with Gasteiger partial charge in [-0.15, -0.1) is 11.3 Å². The Hall–Kier alpha value is -2.36. The highest BCUT2D eigenvalue weighted by molar-refractivity contribution is 7.89. The molecule has 30 heavy (non-hydrogen) atoms. The van der Waals surface area contributed by atoms with E-state index in [1.165, 1.54) is 22.5 Å². The van der Waals surface area contributed by atoms with Gasteiger partial charge in [0.25, 0.3) is 0 Å². The lowest BCUT2D eigenvalue weighted by Crippen LogP contribution is -2.38. The minimum absolute atomic E-state index is 0.142. The van der Waals surface area contributed by atoms with Crippen molar-refractivity contribution in [2.75, 3.05) is 18.4 Å². The average molecular weight is 447 g/mol. The number of thiazole rings is 1. The summed E-state index contributed by atoms with van der Waals surface area (Å²) < 4.78 is 40.8. The van der Waals surface area contributed by atoms with Crippen molar-refractivity contribution >= 4 is 32.3 Å². The Morgan fingerprint density at radius 2 is 1.93 bits per heavy atom. The predicted molar refractivity (Wildman–Crippen MR) is 116 cm³/mol.